The normalized spacial score (nSPS) is 13.9. The van der Waals surface area contributed by atoms with Crippen molar-refractivity contribution < 1.29 is 32.5 Å². The SMILES string of the molecule is Cn1cc(C#Cc2ccc(COc3cccc(-c4cc(F)c(Cc5nc6ccc(C(=O)O)cc6n5CC5CCO5)cc4F)n3)c(F)n2)cn1. The molecular formula is C36H27F3N6O4. The van der Waals surface area contributed by atoms with Gasteiger partial charge in [0.05, 0.1) is 46.7 Å². The largest absolute Gasteiger partial charge is 0.478 e. The van der Waals surface area contributed by atoms with Gasteiger partial charge >= 0.3 is 5.97 Å². The van der Waals surface area contributed by atoms with Gasteiger partial charge in [-0.15, -0.1) is 0 Å². The molecule has 1 aliphatic rings. The van der Waals surface area contributed by atoms with Crippen LogP contribution in [0, 0.1) is 29.4 Å². The molecule has 1 fully saturated rings. The number of halogens is 3. The lowest BCUT2D eigenvalue weighted by molar-refractivity contribution is -0.0589. The summed E-state index contributed by atoms with van der Waals surface area (Å²) >= 11 is 0. The molecule has 246 valence electrons. The van der Waals surface area contributed by atoms with Crippen LogP contribution in [0.2, 0.25) is 0 Å². The van der Waals surface area contributed by atoms with Gasteiger partial charge in [-0.2, -0.15) is 9.49 Å². The molecule has 0 aliphatic carbocycles. The van der Waals surface area contributed by atoms with Gasteiger partial charge in [-0.25, -0.2) is 28.5 Å². The lowest BCUT2D eigenvalue weighted by atomic mass is 10.0. The lowest BCUT2D eigenvalue weighted by Gasteiger charge is -2.27. The van der Waals surface area contributed by atoms with E-state index in [4.69, 9.17) is 9.47 Å². The van der Waals surface area contributed by atoms with Gasteiger partial charge in [0, 0.05) is 43.5 Å². The zero-order chi connectivity index (χ0) is 34.1. The maximum absolute atomic E-state index is 15.6. The molecule has 0 radical (unpaired) electrons. The highest BCUT2D eigenvalue weighted by atomic mass is 19.1. The van der Waals surface area contributed by atoms with Crippen molar-refractivity contribution in [3.05, 3.63) is 124 Å². The van der Waals surface area contributed by atoms with Crippen molar-refractivity contribution in [2.45, 2.75) is 32.1 Å². The van der Waals surface area contributed by atoms with Crippen molar-refractivity contribution in [3.63, 3.8) is 0 Å². The van der Waals surface area contributed by atoms with Gasteiger partial charge in [0.15, 0.2) is 0 Å². The van der Waals surface area contributed by atoms with Crippen molar-refractivity contribution in [2.24, 2.45) is 7.05 Å². The number of carboxylic acids is 1. The van der Waals surface area contributed by atoms with E-state index in [0.717, 1.165) is 18.6 Å². The Labute approximate surface area is 277 Å². The molecule has 1 saturated heterocycles. The van der Waals surface area contributed by atoms with Crippen LogP contribution < -0.4 is 4.74 Å². The van der Waals surface area contributed by atoms with E-state index < -0.39 is 23.6 Å². The number of aromatic carboxylic acids is 1. The minimum Gasteiger partial charge on any atom is -0.478 e. The van der Waals surface area contributed by atoms with Crippen LogP contribution >= 0.6 is 0 Å². The number of hydrogen-bond acceptors (Lipinski definition) is 7. The van der Waals surface area contributed by atoms with Crippen LogP contribution in [0.3, 0.4) is 0 Å². The van der Waals surface area contributed by atoms with Crippen LogP contribution in [0.1, 0.15) is 45.0 Å². The second-order valence-electron chi connectivity index (χ2n) is 11.5. The summed E-state index contributed by atoms with van der Waals surface area (Å²) in [5.74, 6) is 2.97. The van der Waals surface area contributed by atoms with Crippen LogP contribution in [0.4, 0.5) is 13.2 Å². The first-order valence-electron chi connectivity index (χ1n) is 15.3. The number of fused-ring (bicyclic) bond motifs is 1. The minimum atomic E-state index is -1.08. The molecule has 0 amide bonds. The number of aryl methyl sites for hydroxylation is 1. The fraction of sp³-hybridized carbons (Fsp3) is 0.194. The molecular weight excluding hydrogens is 637 g/mol. The highest BCUT2D eigenvalue weighted by Gasteiger charge is 2.24. The second-order valence-corrected chi connectivity index (χ2v) is 11.5. The number of rotatable bonds is 9. The third-order valence-electron chi connectivity index (χ3n) is 8.08. The van der Waals surface area contributed by atoms with Gasteiger partial charge in [0.25, 0.3) is 0 Å². The Balaban J connectivity index is 1.08. The Morgan fingerprint density at radius 1 is 1.02 bits per heavy atom. The lowest BCUT2D eigenvalue weighted by Crippen LogP contribution is -2.31. The Hall–Kier alpha value is -6.00. The maximum Gasteiger partial charge on any atom is 0.335 e. The average Bonchev–Trinajstić information content (AvgIpc) is 3.64. The van der Waals surface area contributed by atoms with Gasteiger partial charge < -0.3 is 19.1 Å². The van der Waals surface area contributed by atoms with Crippen LogP contribution in [-0.4, -0.2) is 53.1 Å². The monoisotopic (exact) mass is 664 g/mol. The van der Waals surface area contributed by atoms with Crippen LogP contribution in [0.15, 0.2) is 73.1 Å². The van der Waals surface area contributed by atoms with E-state index in [9.17, 15) is 14.3 Å². The Bertz CT molecular complexity index is 2290. The second kappa shape index (κ2) is 13.2. The van der Waals surface area contributed by atoms with E-state index in [-0.39, 0.29) is 58.7 Å². The molecule has 10 nitrogen and oxygen atoms in total. The third kappa shape index (κ3) is 6.86. The zero-order valence-corrected chi connectivity index (χ0v) is 26.0. The third-order valence-corrected chi connectivity index (χ3v) is 8.08. The number of aromatic nitrogens is 6. The summed E-state index contributed by atoms with van der Waals surface area (Å²) in [6, 6.07) is 14.4. The summed E-state index contributed by atoms with van der Waals surface area (Å²) in [6.45, 7) is 0.819. The summed E-state index contributed by atoms with van der Waals surface area (Å²) in [5, 5.41) is 13.5. The number of carboxylic acid groups (broad SMARTS) is 1. The molecule has 1 unspecified atom stereocenters. The van der Waals surface area contributed by atoms with Crippen molar-refractivity contribution in [3.8, 4) is 29.0 Å². The average molecular weight is 665 g/mol. The van der Waals surface area contributed by atoms with Crippen LogP contribution in [0.5, 0.6) is 5.88 Å². The van der Waals surface area contributed by atoms with Gasteiger partial charge in [-0.3, -0.25) is 4.68 Å². The van der Waals surface area contributed by atoms with E-state index in [2.05, 4.69) is 31.9 Å². The number of carbonyl (C=O) groups is 1. The topological polar surface area (TPSA) is 117 Å². The number of pyridine rings is 2. The van der Waals surface area contributed by atoms with Crippen LogP contribution in [-0.2, 0) is 31.4 Å². The van der Waals surface area contributed by atoms with E-state index in [1.54, 1.807) is 46.9 Å². The Kier molecular flexibility index (Phi) is 8.54. The molecule has 1 atom stereocenters. The van der Waals surface area contributed by atoms with Crippen LogP contribution in [0.25, 0.3) is 22.3 Å². The number of imidazole rings is 1. The molecule has 13 heteroatoms. The molecule has 49 heavy (non-hydrogen) atoms. The smallest absolute Gasteiger partial charge is 0.335 e. The van der Waals surface area contributed by atoms with Gasteiger partial charge in [-0.05, 0) is 66.4 Å². The van der Waals surface area contributed by atoms with E-state index >= 15 is 8.78 Å². The number of nitrogens with zero attached hydrogens (tertiary/aromatic N) is 6. The molecule has 1 aliphatic heterocycles. The number of hydrogen-bond donors (Lipinski definition) is 1. The molecule has 0 bridgehead atoms. The standard InChI is InChI=1S/C36H27F3N6O4/c1-44-18-21(17-40-44)5-8-25-9-6-23(35(39)41-25)20-49-34-4-2-3-30(43-34)27-16-28(37)24(13-29(27)38)15-33-42-31-10-7-22(36(46)47)14-32(31)45(33)19-26-11-12-48-26/h2-4,6-7,9-10,13-14,16-18,26H,11-12,15,19-20H2,1H3,(H,46,47). The molecule has 0 saturated carbocycles. The summed E-state index contributed by atoms with van der Waals surface area (Å²) in [4.78, 5) is 24.4. The molecule has 5 heterocycles. The molecule has 2 aromatic carbocycles. The summed E-state index contributed by atoms with van der Waals surface area (Å²) in [7, 11) is 1.77. The fourth-order valence-electron chi connectivity index (χ4n) is 5.43. The fourth-order valence-corrected chi connectivity index (χ4v) is 5.43. The Morgan fingerprint density at radius 2 is 1.88 bits per heavy atom. The van der Waals surface area contributed by atoms with Crippen molar-refractivity contribution >= 4 is 17.0 Å². The predicted octanol–water partition coefficient (Wildman–Crippen LogP) is 5.70. The van der Waals surface area contributed by atoms with Gasteiger partial charge in [0.2, 0.25) is 11.8 Å². The first-order chi connectivity index (χ1) is 23.7. The highest BCUT2D eigenvalue weighted by molar-refractivity contribution is 5.92. The summed E-state index contributed by atoms with van der Waals surface area (Å²) < 4.78 is 60.5. The van der Waals surface area contributed by atoms with E-state index in [1.165, 1.54) is 30.3 Å². The number of ether oxygens (including phenoxy) is 2. The van der Waals surface area contributed by atoms with Crippen molar-refractivity contribution in [1.82, 2.24) is 29.3 Å². The van der Waals surface area contributed by atoms with Gasteiger partial charge in [0.1, 0.15) is 29.8 Å². The molecule has 1 N–H and O–H groups in total. The van der Waals surface area contributed by atoms with Crippen molar-refractivity contribution in [1.29, 1.82) is 0 Å². The van der Waals surface area contributed by atoms with E-state index in [1.807, 2.05) is 0 Å². The molecule has 4 aromatic heterocycles. The summed E-state index contributed by atoms with van der Waals surface area (Å²) in [6.07, 6.45) is 4.02. The minimum absolute atomic E-state index is 0.0448. The zero-order valence-electron chi connectivity index (χ0n) is 26.0. The molecule has 7 rings (SSSR count). The first kappa shape index (κ1) is 31.6. The molecule has 0 spiro atoms. The highest BCUT2D eigenvalue weighted by Crippen LogP contribution is 2.29. The molecule has 6 aromatic rings. The predicted molar refractivity (Wildman–Crippen MR) is 171 cm³/mol. The maximum atomic E-state index is 15.6. The summed E-state index contributed by atoms with van der Waals surface area (Å²) in [5.41, 5.74) is 2.38. The van der Waals surface area contributed by atoms with Gasteiger partial charge in [-0.1, -0.05) is 12.0 Å². The quantitative estimate of drug-likeness (QED) is 0.155. The Morgan fingerprint density at radius 3 is 2.61 bits per heavy atom. The van der Waals surface area contributed by atoms with E-state index in [0.29, 0.717) is 35.6 Å². The first-order valence-corrected chi connectivity index (χ1v) is 15.3. The van der Waals surface area contributed by atoms with Crippen molar-refractivity contribution in [2.75, 3.05) is 6.61 Å². The number of benzene rings is 2.